The first-order valence-corrected chi connectivity index (χ1v) is 8.33. The van der Waals surface area contributed by atoms with Gasteiger partial charge in [0.15, 0.2) is 0 Å². The third-order valence-electron chi connectivity index (χ3n) is 4.37. The number of carbonyl (C=O) groups excluding carboxylic acids is 2. The zero-order valence-electron chi connectivity index (χ0n) is 13.9. The van der Waals surface area contributed by atoms with Crippen molar-refractivity contribution < 1.29 is 14.3 Å². The van der Waals surface area contributed by atoms with Crippen LogP contribution in [-0.4, -0.2) is 36.1 Å². The average molecular weight is 329 g/mol. The summed E-state index contributed by atoms with van der Waals surface area (Å²) in [6.45, 7) is 4.04. The molecule has 0 spiro atoms. The molecule has 2 N–H and O–H groups in total. The summed E-state index contributed by atoms with van der Waals surface area (Å²) in [5.74, 6) is 0.406. The molecule has 2 heterocycles. The number of carbonyl (C=O) groups is 2. The topological polar surface area (TPSA) is 72.4 Å². The maximum Gasteiger partial charge on any atom is 0.239 e. The van der Waals surface area contributed by atoms with Crippen LogP contribution in [0.5, 0.6) is 0 Å². The van der Waals surface area contributed by atoms with Crippen LogP contribution >= 0.6 is 0 Å². The first-order valence-electron chi connectivity index (χ1n) is 8.33. The number of nitrogens with zero attached hydrogens (tertiary/aromatic N) is 1. The van der Waals surface area contributed by atoms with Gasteiger partial charge in [-0.2, -0.15) is 0 Å². The lowest BCUT2D eigenvalue weighted by atomic mass is 10.0. The second-order valence-electron chi connectivity index (χ2n) is 6.22. The minimum Gasteiger partial charge on any atom is -0.381 e. The minimum absolute atomic E-state index is 0.00363. The third kappa shape index (κ3) is 3.94. The van der Waals surface area contributed by atoms with Crippen molar-refractivity contribution in [3.8, 4) is 0 Å². The van der Waals surface area contributed by atoms with E-state index >= 15 is 0 Å². The van der Waals surface area contributed by atoms with Gasteiger partial charge in [0.2, 0.25) is 11.8 Å². The van der Waals surface area contributed by atoms with Gasteiger partial charge in [-0.25, -0.2) is 0 Å². The number of nitrogens with one attached hydrogen (secondary N) is 2. The predicted molar refractivity (Wildman–Crippen MR) is 92.8 cm³/mol. The Balaban J connectivity index is 1.64. The van der Waals surface area contributed by atoms with E-state index < -0.39 is 0 Å². The highest BCUT2D eigenvalue weighted by molar-refractivity contribution is 6.01. The van der Waals surface area contributed by atoms with Crippen molar-refractivity contribution in [1.29, 1.82) is 0 Å². The number of fused-ring (bicyclic) bond motifs is 1. The molecule has 6 heteroatoms. The monoisotopic (exact) mass is 329 g/mol. The SMILES string of the molecule is CC(=O)Nc1cccc2c1ccn2CC(=O)NCC1CCOCC1. The molecule has 2 aromatic rings. The van der Waals surface area contributed by atoms with Crippen molar-refractivity contribution in [2.75, 3.05) is 25.1 Å². The van der Waals surface area contributed by atoms with Crippen LogP contribution in [-0.2, 0) is 20.9 Å². The van der Waals surface area contributed by atoms with Gasteiger partial charge in [0.1, 0.15) is 6.54 Å². The summed E-state index contributed by atoms with van der Waals surface area (Å²) in [5.41, 5.74) is 1.70. The molecule has 0 aliphatic carbocycles. The molecule has 1 aliphatic rings. The molecule has 1 aliphatic heterocycles. The molecule has 0 atom stereocenters. The number of benzene rings is 1. The molecule has 1 fully saturated rings. The highest BCUT2D eigenvalue weighted by Gasteiger charge is 2.15. The summed E-state index contributed by atoms with van der Waals surface area (Å²) >= 11 is 0. The lowest BCUT2D eigenvalue weighted by Crippen LogP contribution is -2.34. The van der Waals surface area contributed by atoms with E-state index in [4.69, 9.17) is 4.74 Å². The molecular weight excluding hydrogens is 306 g/mol. The average Bonchev–Trinajstić information content (AvgIpc) is 2.98. The smallest absolute Gasteiger partial charge is 0.239 e. The van der Waals surface area contributed by atoms with Crippen LogP contribution in [0.1, 0.15) is 19.8 Å². The Morgan fingerprint density at radius 2 is 2.04 bits per heavy atom. The van der Waals surface area contributed by atoms with Crippen molar-refractivity contribution in [2.24, 2.45) is 5.92 Å². The van der Waals surface area contributed by atoms with Crippen LogP contribution < -0.4 is 10.6 Å². The highest BCUT2D eigenvalue weighted by atomic mass is 16.5. The number of aromatic nitrogens is 1. The van der Waals surface area contributed by atoms with E-state index in [-0.39, 0.29) is 18.4 Å². The highest BCUT2D eigenvalue weighted by Crippen LogP contribution is 2.24. The van der Waals surface area contributed by atoms with E-state index in [1.807, 2.05) is 35.0 Å². The van der Waals surface area contributed by atoms with Crippen LogP contribution in [0.3, 0.4) is 0 Å². The van der Waals surface area contributed by atoms with Gasteiger partial charge in [-0.15, -0.1) is 0 Å². The Hall–Kier alpha value is -2.34. The van der Waals surface area contributed by atoms with E-state index in [1.165, 1.54) is 6.92 Å². The Labute approximate surface area is 141 Å². The first kappa shape index (κ1) is 16.5. The van der Waals surface area contributed by atoms with E-state index in [2.05, 4.69) is 10.6 Å². The fourth-order valence-corrected chi connectivity index (χ4v) is 3.08. The Kier molecular flexibility index (Phi) is 5.15. The number of rotatable bonds is 5. The number of anilines is 1. The van der Waals surface area contributed by atoms with Crippen molar-refractivity contribution in [3.05, 3.63) is 30.5 Å². The van der Waals surface area contributed by atoms with Crippen molar-refractivity contribution in [1.82, 2.24) is 9.88 Å². The first-order chi connectivity index (χ1) is 11.6. The maximum absolute atomic E-state index is 12.2. The van der Waals surface area contributed by atoms with Gasteiger partial charge in [0, 0.05) is 38.3 Å². The summed E-state index contributed by atoms with van der Waals surface area (Å²) < 4.78 is 7.23. The van der Waals surface area contributed by atoms with Crippen LogP contribution in [0.15, 0.2) is 30.5 Å². The van der Waals surface area contributed by atoms with E-state index in [0.717, 1.165) is 42.6 Å². The van der Waals surface area contributed by atoms with Crippen LogP contribution in [0.25, 0.3) is 10.9 Å². The van der Waals surface area contributed by atoms with Crippen LogP contribution in [0, 0.1) is 5.92 Å². The van der Waals surface area contributed by atoms with Gasteiger partial charge in [-0.1, -0.05) is 6.07 Å². The van der Waals surface area contributed by atoms with Crippen LogP contribution in [0.2, 0.25) is 0 Å². The van der Waals surface area contributed by atoms with Crippen molar-refractivity contribution >= 4 is 28.4 Å². The predicted octanol–water partition coefficient (Wildman–Crippen LogP) is 2.14. The molecule has 1 aromatic heterocycles. The summed E-state index contributed by atoms with van der Waals surface area (Å²) in [7, 11) is 0. The molecule has 0 bridgehead atoms. The van der Waals surface area contributed by atoms with E-state index in [0.29, 0.717) is 12.5 Å². The fourth-order valence-electron chi connectivity index (χ4n) is 3.08. The number of ether oxygens (including phenoxy) is 1. The van der Waals surface area contributed by atoms with Gasteiger partial charge in [0.25, 0.3) is 0 Å². The van der Waals surface area contributed by atoms with E-state index in [9.17, 15) is 9.59 Å². The summed E-state index contributed by atoms with van der Waals surface area (Å²) in [4.78, 5) is 23.5. The molecule has 0 radical (unpaired) electrons. The Bertz CT molecular complexity index is 732. The molecule has 1 aromatic carbocycles. The van der Waals surface area contributed by atoms with Crippen LogP contribution in [0.4, 0.5) is 5.69 Å². The Morgan fingerprint density at radius 3 is 2.79 bits per heavy atom. The maximum atomic E-state index is 12.2. The summed E-state index contributed by atoms with van der Waals surface area (Å²) in [5, 5.41) is 6.77. The fraction of sp³-hybridized carbons (Fsp3) is 0.444. The summed E-state index contributed by atoms with van der Waals surface area (Å²) in [6.07, 6.45) is 3.89. The van der Waals surface area contributed by atoms with Crippen molar-refractivity contribution in [2.45, 2.75) is 26.3 Å². The third-order valence-corrected chi connectivity index (χ3v) is 4.37. The molecule has 1 saturated heterocycles. The molecule has 0 saturated carbocycles. The van der Waals surface area contributed by atoms with Gasteiger partial charge < -0.3 is 19.9 Å². The van der Waals surface area contributed by atoms with Gasteiger partial charge >= 0.3 is 0 Å². The lowest BCUT2D eigenvalue weighted by molar-refractivity contribution is -0.122. The zero-order chi connectivity index (χ0) is 16.9. The lowest BCUT2D eigenvalue weighted by Gasteiger charge is -2.22. The number of hydrogen-bond acceptors (Lipinski definition) is 3. The number of hydrogen-bond donors (Lipinski definition) is 2. The summed E-state index contributed by atoms with van der Waals surface area (Å²) in [6, 6.07) is 7.61. The Morgan fingerprint density at radius 1 is 1.25 bits per heavy atom. The number of amides is 2. The molecule has 3 rings (SSSR count). The second-order valence-corrected chi connectivity index (χ2v) is 6.22. The largest absolute Gasteiger partial charge is 0.381 e. The molecular formula is C18H23N3O3. The molecule has 0 unspecified atom stereocenters. The molecule has 128 valence electrons. The quantitative estimate of drug-likeness (QED) is 0.883. The second kappa shape index (κ2) is 7.49. The standard InChI is InChI=1S/C18H23N3O3/c1-13(22)20-16-3-2-4-17-15(16)5-8-21(17)12-18(23)19-11-14-6-9-24-10-7-14/h2-5,8,14H,6-7,9-12H2,1H3,(H,19,23)(H,20,22). The zero-order valence-corrected chi connectivity index (χ0v) is 13.9. The molecule has 2 amide bonds. The normalized spacial score (nSPS) is 15.4. The van der Waals surface area contributed by atoms with Crippen molar-refractivity contribution in [3.63, 3.8) is 0 Å². The van der Waals surface area contributed by atoms with Gasteiger partial charge in [-0.05, 0) is 37.0 Å². The van der Waals surface area contributed by atoms with E-state index in [1.54, 1.807) is 0 Å². The molecule has 6 nitrogen and oxygen atoms in total. The minimum atomic E-state index is -0.107. The van der Waals surface area contributed by atoms with Gasteiger partial charge in [-0.3, -0.25) is 9.59 Å². The molecule has 24 heavy (non-hydrogen) atoms. The van der Waals surface area contributed by atoms with Gasteiger partial charge in [0.05, 0.1) is 11.2 Å².